The Labute approximate surface area is 203 Å². The van der Waals surface area contributed by atoms with Crippen LogP contribution in [-0.4, -0.2) is 0 Å². The number of fused-ring (bicyclic) bond motifs is 5. The molecule has 1 fully saturated rings. The van der Waals surface area contributed by atoms with E-state index in [0.717, 1.165) is 17.8 Å². The van der Waals surface area contributed by atoms with Crippen LogP contribution in [-0.2, 0) is 5.41 Å². The smallest absolute Gasteiger partial charge is 0.0190 e. The number of allylic oxidation sites excluding steroid dienone is 2. The number of benzene rings is 4. The van der Waals surface area contributed by atoms with Crippen molar-refractivity contribution in [3.8, 4) is 33.4 Å². The van der Waals surface area contributed by atoms with Crippen molar-refractivity contribution in [3.63, 3.8) is 0 Å². The van der Waals surface area contributed by atoms with Crippen molar-refractivity contribution in [2.45, 2.75) is 31.6 Å². The van der Waals surface area contributed by atoms with Crippen LogP contribution in [0.2, 0.25) is 0 Å². The summed E-state index contributed by atoms with van der Waals surface area (Å²) in [6, 6.07) is 36.1. The first-order valence-electron chi connectivity index (χ1n) is 12.8. The average molecular weight is 439 g/mol. The standard InChI is InChI=1S/C34H30/c1-34(22-29-19-23-12-13-26(29)18-23)32-20-27(24-8-4-2-5-9-24)14-16-30(32)31-17-15-28(21-33(31)34)25-10-6-3-7-11-25/h2-17,20-21,23,26,29H,18-19,22H2,1H3. The van der Waals surface area contributed by atoms with Crippen molar-refractivity contribution < 1.29 is 0 Å². The summed E-state index contributed by atoms with van der Waals surface area (Å²) in [4.78, 5) is 0. The van der Waals surface area contributed by atoms with Gasteiger partial charge in [-0.1, -0.05) is 104 Å². The minimum Gasteiger partial charge on any atom is -0.0851 e. The largest absolute Gasteiger partial charge is 0.0851 e. The van der Waals surface area contributed by atoms with Crippen molar-refractivity contribution in [1.82, 2.24) is 0 Å². The minimum absolute atomic E-state index is 0.0310. The Morgan fingerprint density at radius 1 is 0.618 bits per heavy atom. The zero-order chi connectivity index (χ0) is 22.7. The number of hydrogen-bond donors (Lipinski definition) is 0. The Balaban J connectivity index is 1.38. The van der Waals surface area contributed by atoms with E-state index >= 15 is 0 Å². The maximum absolute atomic E-state index is 2.52. The number of rotatable bonds is 4. The lowest BCUT2D eigenvalue weighted by Gasteiger charge is -2.33. The molecule has 0 aromatic heterocycles. The highest BCUT2D eigenvalue weighted by molar-refractivity contribution is 5.86. The molecule has 34 heavy (non-hydrogen) atoms. The minimum atomic E-state index is 0.0310. The molecule has 4 aromatic carbocycles. The molecule has 0 nitrogen and oxygen atoms in total. The quantitative estimate of drug-likeness (QED) is 0.279. The van der Waals surface area contributed by atoms with E-state index in [2.05, 4.69) is 116 Å². The van der Waals surface area contributed by atoms with Crippen LogP contribution in [0.4, 0.5) is 0 Å². The van der Waals surface area contributed by atoms with E-state index in [-0.39, 0.29) is 5.41 Å². The highest BCUT2D eigenvalue weighted by Gasteiger charge is 2.45. The van der Waals surface area contributed by atoms with Gasteiger partial charge in [0.15, 0.2) is 0 Å². The van der Waals surface area contributed by atoms with Gasteiger partial charge in [0.2, 0.25) is 0 Å². The molecule has 3 aliphatic carbocycles. The van der Waals surface area contributed by atoms with Crippen LogP contribution < -0.4 is 0 Å². The summed E-state index contributed by atoms with van der Waals surface area (Å²) in [5.74, 6) is 2.36. The molecule has 0 heterocycles. The molecule has 3 unspecified atom stereocenters. The highest BCUT2D eigenvalue weighted by atomic mass is 14.5. The van der Waals surface area contributed by atoms with E-state index < -0.39 is 0 Å². The van der Waals surface area contributed by atoms with Crippen molar-refractivity contribution >= 4 is 0 Å². The first-order chi connectivity index (χ1) is 16.7. The van der Waals surface area contributed by atoms with E-state index in [0.29, 0.717) is 0 Å². The zero-order valence-corrected chi connectivity index (χ0v) is 19.7. The fourth-order valence-electron chi connectivity index (χ4n) is 7.11. The summed E-state index contributed by atoms with van der Waals surface area (Å²) in [6.07, 6.45) is 8.95. The number of hydrogen-bond acceptors (Lipinski definition) is 0. The van der Waals surface area contributed by atoms with Crippen LogP contribution in [0.3, 0.4) is 0 Å². The fraction of sp³-hybridized carbons (Fsp3) is 0.235. The molecule has 0 saturated heterocycles. The molecule has 4 aromatic rings. The summed E-state index contributed by atoms with van der Waals surface area (Å²) >= 11 is 0. The van der Waals surface area contributed by atoms with E-state index in [9.17, 15) is 0 Å². The maximum atomic E-state index is 2.52. The second-order valence-electron chi connectivity index (χ2n) is 10.8. The van der Waals surface area contributed by atoms with Gasteiger partial charge in [-0.05, 0) is 93.7 Å². The first-order valence-corrected chi connectivity index (χ1v) is 12.8. The van der Waals surface area contributed by atoms with E-state index in [4.69, 9.17) is 0 Å². The van der Waals surface area contributed by atoms with Gasteiger partial charge < -0.3 is 0 Å². The Hall–Kier alpha value is -3.38. The third-order valence-corrected chi connectivity index (χ3v) is 8.82. The molecule has 0 heteroatoms. The molecule has 1 saturated carbocycles. The van der Waals surface area contributed by atoms with Crippen molar-refractivity contribution in [1.29, 1.82) is 0 Å². The zero-order valence-electron chi connectivity index (χ0n) is 19.7. The van der Waals surface area contributed by atoms with Crippen LogP contribution in [0.15, 0.2) is 109 Å². The molecule has 0 radical (unpaired) electrons. The third kappa shape index (κ3) is 3.05. The molecule has 3 atom stereocenters. The molecule has 0 spiro atoms. The molecule has 0 aliphatic heterocycles. The highest BCUT2D eigenvalue weighted by Crippen LogP contribution is 2.57. The lowest BCUT2D eigenvalue weighted by molar-refractivity contribution is 0.341. The molecule has 3 aliphatic rings. The lowest BCUT2D eigenvalue weighted by atomic mass is 9.70. The summed E-state index contributed by atoms with van der Waals surface area (Å²) in [5, 5.41) is 0. The van der Waals surface area contributed by atoms with Crippen LogP contribution in [0.1, 0.15) is 37.3 Å². The van der Waals surface area contributed by atoms with Gasteiger partial charge in [0.1, 0.15) is 0 Å². The first kappa shape index (κ1) is 20.0. The van der Waals surface area contributed by atoms with Gasteiger partial charge in [-0.15, -0.1) is 0 Å². The fourth-order valence-corrected chi connectivity index (χ4v) is 7.11. The van der Waals surface area contributed by atoms with Gasteiger partial charge in [-0.2, -0.15) is 0 Å². The third-order valence-electron chi connectivity index (χ3n) is 8.82. The monoisotopic (exact) mass is 438 g/mol. The van der Waals surface area contributed by atoms with Gasteiger partial charge in [0, 0.05) is 5.41 Å². The van der Waals surface area contributed by atoms with E-state index in [1.165, 1.54) is 63.8 Å². The van der Waals surface area contributed by atoms with Gasteiger partial charge in [0.05, 0.1) is 0 Å². The Morgan fingerprint density at radius 2 is 1.18 bits per heavy atom. The molecule has 0 N–H and O–H groups in total. The molecular weight excluding hydrogens is 408 g/mol. The molecule has 2 bridgehead atoms. The van der Waals surface area contributed by atoms with Crippen molar-refractivity contribution in [2.24, 2.45) is 17.8 Å². The SMILES string of the molecule is CC1(CC2CC3C=CC2C3)c2cc(-c3ccccc3)ccc2-c2ccc(-c3ccccc3)cc21. The maximum Gasteiger partial charge on any atom is 0.0190 e. The van der Waals surface area contributed by atoms with Gasteiger partial charge in [0.25, 0.3) is 0 Å². The Kier molecular flexibility index (Phi) is 4.46. The van der Waals surface area contributed by atoms with Crippen molar-refractivity contribution in [2.75, 3.05) is 0 Å². The molecule has 7 rings (SSSR count). The van der Waals surface area contributed by atoms with Crippen molar-refractivity contribution in [3.05, 3.63) is 120 Å². The molecule has 166 valence electrons. The van der Waals surface area contributed by atoms with Crippen LogP contribution in [0, 0.1) is 17.8 Å². The second kappa shape index (κ2) is 7.57. The predicted octanol–water partition coefficient (Wildman–Crippen LogP) is 8.91. The summed E-state index contributed by atoms with van der Waals surface area (Å²) < 4.78 is 0. The predicted molar refractivity (Wildman–Crippen MR) is 143 cm³/mol. The van der Waals surface area contributed by atoms with Crippen LogP contribution in [0.5, 0.6) is 0 Å². The second-order valence-corrected chi connectivity index (χ2v) is 10.8. The summed E-state index contributed by atoms with van der Waals surface area (Å²) in [7, 11) is 0. The lowest BCUT2D eigenvalue weighted by Crippen LogP contribution is -2.26. The van der Waals surface area contributed by atoms with Crippen LogP contribution >= 0.6 is 0 Å². The summed E-state index contributed by atoms with van der Waals surface area (Å²) in [6.45, 7) is 2.52. The molecular formula is C34H30. The Morgan fingerprint density at radius 3 is 1.65 bits per heavy atom. The van der Waals surface area contributed by atoms with Gasteiger partial charge >= 0.3 is 0 Å². The normalized spacial score (nSPS) is 23.1. The summed E-state index contributed by atoms with van der Waals surface area (Å²) in [5.41, 5.74) is 11.2. The van der Waals surface area contributed by atoms with E-state index in [1.807, 2.05) is 0 Å². The van der Waals surface area contributed by atoms with Gasteiger partial charge in [-0.25, -0.2) is 0 Å². The Bertz CT molecular complexity index is 1300. The molecule has 0 amide bonds. The average Bonchev–Trinajstić information content (AvgIpc) is 3.58. The van der Waals surface area contributed by atoms with E-state index in [1.54, 1.807) is 0 Å². The topological polar surface area (TPSA) is 0 Å². The van der Waals surface area contributed by atoms with Crippen LogP contribution in [0.25, 0.3) is 33.4 Å². The van der Waals surface area contributed by atoms with Gasteiger partial charge in [-0.3, -0.25) is 0 Å².